The van der Waals surface area contributed by atoms with Crippen molar-refractivity contribution in [1.82, 2.24) is 0 Å². The molecule has 0 aliphatic carbocycles. The monoisotopic (exact) mass is 796 g/mol. The minimum Gasteiger partial charge on any atom is -0.456 e. The molecule has 1 heteroatoms. The summed E-state index contributed by atoms with van der Waals surface area (Å²) in [5.41, 5.74) is 9.26. The number of furan rings is 1. The zero-order chi connectivity index (χ0) is 41.2. The molecule has 0 N–H and O–H groups in total. The summed E-state index contributed by atoms with van der Waals surface area (Å²) in [6.07, 6.45) is 0. The van der Waals surface area contributed by atoms with Gasteiger partial charge in [0.15, 0.2) is 0 Å². The molecule has 0 saturated carbocycles. The van der Waals surface area contributed by atoms with Crippen molar-refractivity contribution in [3.8, 4) is 33.4 Å². The first-order valence-electron chi connectivity index (χ1n) is 21.8. The number of hydrogen-bond donors (Lipinski definition) is 0. The van der Waals surface area contributed by atoms with Crippen LogP contribution in [0.5, 0.6) is 0 Å². The molecular weight excluding hydrogens is 761 g/mol. The second-order valence-electron chi connectivity index (χ2n) is 17.0. The van der Waals surface area contributed by atoms with E-state index in [1.54, 1.807) is 0 Å². The Kier molecular flexibility index (Phi) is 7.17. The quantitative estimate of drug-likeness (QED) is 0.128. The summed E-state index contributed by atoms with van der Waals surface area (Å²) < 4.78 is 6.71. The van der Waals surface area contributed by atoms with Crippen molar-refractivity contribution in [1.29, 1.82) is 0 Å². The molecule has 0 aliphatic heterocycles. The summed E-state index contributed by atoms with van der Waals surface area (Å²) in [7, 11) is 0. The number of rotatable bonds is 3. The maximum Gasteiger partial charge on any atom is 0.136 e. The Morgan fingerprint density at radius 1 is 0.190 bits per heavy atom. The fraction of sp³-hybridized carbons (Fsp3) is 0. The average Bonchev–Trinajstić information content (AvgIpc) is 3.71. The standard InChI is InChI=1S/C62H36O/c1-2-16-38-33-39(30-29-37(38)15-1)59-45-21-7-11-25-49(45)61(50-26-12-8-22-46(50)59)62-51-27-13-9-23-47(51)60(48-24-10-14-28-52(48)62)40-31-32-57-55(34-40)56-35-53-43-19-5-3-17-41(43)42-18-4-6-20-44(42)54(53)36-58(56)63-57/h1-36H. The molecule has 13 aromatic carbocycles. The van der Waals surface area contributed by atoms with Gasteiger partial charge in [-0.05, 0) is 150 Å². The van der Waals surface area contributed by atoms with Gasteiger partial charge in [-0.2, -0.15) is 0 Å². The second kappa shape index (κ2) is 13.1. The fourth-order valence-electron chi connectivity index (χ4n) is 11.1. The van der Waals surface area contributed by atoms with Gasteiger partial charge in [0.05, 0.1) is 0 Å². The average molecular weight is 797 g/mol. The van der Waals surface area contributed by atoms with Gasteiger partial charge in [-0.15, -0.1) is 0 Å². The van der Waals surface area contributed by atoms with Crippen LogP contribution in [0.25, 0.3) is 141 Å². The van der Waals surface area contributed by atoms with Gasteiger partial charge in [0, 0.05) is 10.8 Å². The first-order valence-corrected chi connectivity index (χ1v) is 21.8. The van der Waals surface area contributed by atoms with Crippen LogP contribution in [-0.4, -0.2) is 0 Å². The zero-order valence-corrected chi connectivity index (χ0v) is 34.2. The molecule has 1 nitrogen and oxygen atoms in total. The van der Waals surface area contributed by atoms with Crippen molar-refractivity contribution >= 4 is 108 Å². The minimum absolute atomic E-state index is 0.896. The molecule has 0 amide bonds. The third kappa shape index (κ3) is 4.93. The van der Waals surface area contributed by atoms with Crippen LogP contribution in [0.3, 0.4) is 0 Å². The molecular formula is C62H36O. The van der Waals surface area contributed by atoms with Gasteiger partial charge in [-0.1, -0.05) is 188 Å². The van der Waals surface area contributed by atoms with Crippen molar-refractivity contribution < 1.29 is 4.42 Å². The van der Waals surface area contributed by atoms with Crippen molar-refractivity contribution in [2.75, 3.05) is 0 Å². The normalized spacial score (nSPS) is 12.1. The van der Waals surface area contributed by atoms with Crippen LogP contribution in [0.1, 0.15) is 0 Å². The first-order chi connectivity index (χ1) is 31.3. The molecule has 63 heavy (non-hydrogen) atoms. The van der Waals surface area contributed by atoms with Crippen molar-refractivity contribution in [3.63, 3.8) is 0 Å². The SMILES string of the molecule is c1ccc2cc(-c3c4ccccc4c(-c4c5ccccc5c(-c5ccc6oc7cc8c9ccccc9c9ccccc9c8cc7c6c5)c5ccccc45)c4ccccc34)ccc2c1. The van der Waals surface area contributed by atoms with E-state index >= 15 is 0 Å². The summed E-state index contributed by atoms with van der Waals surface area (Å²) in [5, 5.41) is 22.2. The van der Waals surface area contributed by atoms with E-state index in [-0.39, 0.29) is 0 Å². The van der Waals surface area contributed by atoms with E-state index in [2.05, 4.69) is 218 Å². The maximum atomic E-state index is 6.71. The van der Waals surface area contributed by atoms with E-state index in [0.29, 0.717) is 0 Å². The smallest absolute Gasteiger partial charge is 0.136 e. The van der Waals surface area contributed by atoms with Crippen LogP contribution in [0.4, 0.5) is 0 Å². The van der Waals surface area contributed by atoms with E-state index in [4.69, 9.17) is 4.42 Å². The fourth-order valence-corrected chi connectivity index (χ4v) is 11.1. The highest BCUT2D eigenvalue weighted by Crippen LogP contribution is 2.51. The highest BCUT2D eigenvalue weighted by atomic mass is 16.3. The van der Waals surface area contributed by atoms with E-state index in [1.807, 2.05) is 0 Å². The third-order valence-corrected chi connectivity index (χ3v) is 13.8. The predicted octanol–water partition coefficient (Wildman–Crippen LogP) is 17.8. The molecule has 14 rings (SSSR count). The van der Waals surface area contributed by atoms with Crippen LogP contribution < -0.4 is 0 Å². The van der Waals surface area contributed by atoms with E-state index in [0.717, 1.165) is 21.9 Å². The first kappa shape index (κ1) is 34.5. The molecule has 0 aliphatic rings. The second-order valence-corrected chi connectivity index (χ2v) is 17.0. The molecule has 0 unspecified atom stereocenters. The van der Waals surface area contributed by atoms with Crippen LogP contribution in [-0.2, 0) is 0 Å². The van der Waals surface area contributed by atoms with Gasteiger partial charge in [0.25, 0.3) is 0 Å². The Morgan fingerprint density at radius 3 is 1.03 bits per heavy atom. The molecule has 1 heterocycles. The van der Waals surface area contributed by atoms with E-state index in [9.17, 15) is 0 Å². The Hall–Kier alpha value is -8.26. The van der Waals surface area contributed by atoms with Gasteiger partial charge in [0.2, 0.25) is 0 Å². The lowest BCUT2D eigenvalue weighted by atomic mass is 9.81. The number of benzene rings is 13. The highest BCUT2D eigenvalue weighted by Gasteiger charge is 2.23. The summed E-state index contributed by atoms with van der Waals surface area (Å²) in [6.45, 7) is 0. The van der Waals surface area contributed by atoms with Crippen molar-refractivity contribution in [2.24, 2.45) is 0 Å². The summed E-state index contributed by atoms with van der Waals surface area (Å²) in [6, 6.07) is 80.7. The van der Waals surface area contributed by atoms with Gasteiger partial charge in [0.1, 0.15) is 11.2 Å². The Balaban J connectivity index is 1.05. The highest BCUT2D eigenvalue weighted by molar-refractivity contribution is 6.31. The van der Waals surface area contributed by atoms with Crippen LogP contribution in [0.2, 0.25) is 0 Å². The third-order valence-electron chi connectivity index (χ3n) is 13.8. The van der Waals surface area contributed by atoms with Crippen LogP contribution in [0.15, 0.2) is 223 Å². The number of fused-ring (bicyclic) bond motifs is 14. The molecule has 1 aromatic heterocycles. The molecule has 0 spiro atoms. The number of hydrogen-bond acceptors (Lipinski definition) is 1. The summed E-state index contributed by atoms with van der Waals surface area (Å²) in [4.78, 5) is 0. The van der Waals surface area contributed by atoms with E-state index in [1.165, 1.54) is 120 Å². The molecule has 0 atom stereocenters. The molecule has 0 fully saturated rings. The topological polar surface area (TPSA) is 13.1 Å². The molecule has 0 saturated heterocycles. The Bertz CT molecular complexity index is 4150. The lowest BCUT2D eigenvalue weighted by Crippen LogP contribution is -1.94. The van der Waals surface area contributed by atoms with Crippen molar-refractivity contribution in [2.45, 2.75) is 0 Å². The molecule has 290 valence electrons. The van der Waals surface area contributed by atoms with Gasteiger partial charge in [-0.25, -0.2) is 0 Å². The van der Waals surface area contributed by atoms with Crippen LogP contribution >= 0.6 is 0 Å². The minimum atomic E-state index is 0.896. The molecule has 0 bridgehead atoms. The molecule has 14 aromatic rings. The van der Waals surface area contributed by atoms with Gasteiger partial charge < -0.3 is 4.42 Å². The lowest BCUT2D eigenvalue weighted by molar-refractivity contribution is 0.669. The zero-order valence-electron chi connectivity index (χ0n) is 34.2. The van der Waals surface area contributed by atoms with Gasteiger partial charge >= 0.3 is 0 Å². The lowest BCUT2D eigenvalue weighted by Gasteiger charge is -2.22. The molecule has 0 radical (unpaired) electrons. The van der Waals surface area contributed by atoms with Gasteiger partial charge in [-0.3, -0.25) is 0 Å². The van der Waals surface area contributed by atoms with Crippen molar-refractivity contribution in [3.05, 3.63) is 218 Å². The maximum absolute atomic E-state index is 6.71. The Morgan fingerprint density at radius 2 is 0.540 bits per heavy atom. The largest absolute Gasteiger partial charge is 0.456 e. The Labute approximate surface area is 362 Å². The summed E-state index contributed by atoms with van der Waals surface area (Å²) >= 11 is 0. The van der Waals surface area contributed by atoms with E-state index < -0.39 is 0 Å². The predicted molar refractivity (Wildman–Crippen MR) is 270 cm³/mol. The summed E-state index contributed by atoms with van der Waals surface area (Å²) in [5.74, 6) is 0. The van der Waals surface area contributed by atoms with Crippen LogP contribution in [0, 0.1) is 0 Å².